The van der Waals surface area contributed by atoms with Crippen LogP contribution in [0.4, 0.5) is 0 Å². The van der Waals surface area contributed by atoms with E-state index < -0.39 is 5.97 Å². The fourth-order valence-corrected chi connectivity index (χ4v) is 2.71. The van der Waals surface area contributed by atoms with Crippen molar-refractivity contribution in [3.05, 3.63) is 46.1 Å². The minimum Gasteiger partial charge on any atom is -0.508 e. The molecule has 1 aromatic carbocycles. The van der Waals surface area contributed by atoms with Crippen molar-refractivity contribution in [1.82, 2.24) is 0 Å². The number of hydrogen-bond acceptors (Lipinski definition) is 4. The van der Waals surface area contributed by atoms with E-state index in [-0.39, 0.29) is 17.1 Å². The molecule has 0 bridgehead atoms. The van der Waals surface area contributed by atoms with Gasteiger partial charge in [-0.15, -0.1) is 0 Å². The van der Waals surface area contributed by atoms with Crippen LogP contribution in [-0.2, 0) is 17.6 Å². The summed E-state index contributed by atoms with van der Waals surface area (Å²) in [4.78, 5) is 12.1. The summed E-state index contributed by atoms with van der Waals surface area (Å²) in [5, 5.41) is 20.8. The van der Waals surface area contributed by atoms with Crippen molar-refractivity contribution in [2.45, 2.75) is 59.8 Å². The van der Waals surface area contributed by atoms with E-state index in [9.17, 15) is 15.0 Å². The zero-order valence-corrected chi connectivity index (χ0v) is 16.0. The van der Waals surface area contributed by atoms with E-state index in [2.05, 4.69) is 19.9 Å². The Bertz CT molecular complexity index is 665. The number of rotatable bonds is 8. The van der Waals surface area contributed by atoms with E-state index in [1.54, 1.807) is 6.07 Å². The summed E-state index contributed by atoms with van der Waals surface area (Å²) in [5.74, 6) is -0.739. The average molecular weight is 346 g/mol. The summed E-state index contributed by atoms with van der Waals surface area (Å²) >= 11 is 0. The lowest BCUT2D eigenvalue weighted by atomic mass is 9.95. The van der Waals surface area contributed by atoms with Gasteiger partial charge in [0.05, 0.1) is 7.11 Å². The van der Waals surface area contributed by atoms with Gasteiger partial charge in [-0.2, -0.15) is 0 Å². The van der Waals surface area contributed by atoms with E-state index in [4.69, 9.17) is 4.74 Å². The Hall–Kier alpha value is -2.23. The van der Waals surface area contributed by atoms with Crippen LogP contribution in [0.5, 0.6) is 11.5 Å². The van der Waals surface area contributed by atoms with E-state index in [1.165, 1.54) is 18.3 Å². The lowest BCUT2D eigenvalue weighted by molar-refractivity contribution is 0.0596. The molecule has 0 saturated heterocycles. The lowest BCUT2D eigenvalue weighted by Gasteiger charge is -2.14. The normalized spacial score (nSPS) is 11.3. The number of hydrogen-bond donors (Lipinski definition) is 2. The SMILES string of the molecule is CCCc1cc(O)c(CC=C(C)CCC=C(C)C)c(O)c1C(=O)OC. The van der Waals surface area contributed by atoms with Crippen LogP contribution in [0.3, 0.4) is 0 Å². The van der Waals surface area contributed by atoms with Gasteiger partial charge in [0.1, 0.15) is 17.1 Å². The van der Waals surface area contributed by atoms with Gasteiger partial charge in [0.15, 0.2) is 0 Å². The zero-order chi connectivity index (χ0) is 19.0. The van der Waals surface area contributed by atoms with Gasteiger partial charge in [-0.05, 0) is 58.1 Å². The highest BCUT2D eigenvalue weighted by atomic mass is 16.5. The van der Waals surface area contributed by atoms with E-state index >= 15 is 0 Å². The van der Waals surface area contributed by atoms with Crippen molar-refractivity contribution in [1.29, 1.82) is 0 Å². The van der Waals surface area contributed by atoms with Crippen LogP contribution in [0.2, 0.25) is 0 Å². The van der Waals surface area contributed by atoms with E-state index in [0.717, 1.165) is 19.3 Å². The first-order chi connectivity index (χ1) is 11.8. The Balaban J connectivity index is 3.11. The Morgan fingerprint density at radius 1 is 1.20 bits per heavy atom. The first-order valence-electron chi connectivity index (χ1n) is 8.75. The van der Waals surface area contributed by atoms with Gasteiger partial charge in [0.25, 0.3) is 0 Å². The number of aromatic hydroxyl groups is 2. The van der Waals surface area contributed by atoms with Gasteiger partial charge in [0, 0.05) is 5.56 Å². The van der Waals surface area contributed by atoms with E-state index in [0.29, 0.717) is 24.0 Å². The molecule has 0 aliphatic heterocycles. The number of methoxy groups -OCH3 is 1. The van der Waals surface area contributed by atoms with Gasteiger partial charge in [-0.1, -0.05) is 36.6 Å². The minimum absolute atomic E-state index is 0.0157. The fourth-order valence-electron chi connectivity index (χ4n) is 2.71. The third-order valence-corrected chi connectivity index (χ3v) is 4.12. The monoisotopic (exact) mass is 346 g/mol. The smallest absolute Gasteiger partial charge is 0.341 e. The number of benzene rings is 1. The first kappa shape index (κ1) is 20.8. The fraction of sp³-hybridized carbons (Fsp3) is 0.476. The number of carbonyl (C=O) groups excluding carboxylic acids is 1. The predicted molar refractivity (Wildman–Crippen MR) is 101 cm³/mol. The molecule has 0 aromatic heterocycles. The van der Waals surface area contributed by atoms with Crippen LogP contribution < -0.4 is 0 Å². The third kappa shape index (κ3) is 5.96. The molecule has 4 nitrogen and oxygen atoms in total. The number of ether oxygens (including phenoxy) is 1. The average Bonchev–Trinajstić information content (AvgIpc) is 2.54. The maximum absolute atomic E-state index is 12.1. The standard InChI is InChI=1S/C21H30O4/c1-6-8-16-13-18(22)17(20(23)19(16)21(24)25-5)12-11-15(4)10-7-9-14(2)3/h9,11,13,22-23H,6-8,10,12H2,1-5H3. The molecule has 0 spiro atoms. The van der Waals surface area contributed by atoms with Crippen molar-refractivity contribution in [3.63, 3.8) is 0 Å². The second kappa shape index (κ2) is 9.92. The highest BCUT2D eigenvalue weighted by Crippen LogP contribution is 2.35. The number of phenolic OH excluding ortho intramolecular Hbond substituents is 2. The first-order valence-corrected chi connectivity index (χ1v) is 8.75. The molecule has 0 saturated carbocycles. The van der Waals surface area contributed by atoms with Crippen LogP contribution in [0.15, 0.2) is 29.4 Å². The zero-order valence-electron chi connectivity index (χ0n) is 16.0. The van der Waals surface area contributed by atoms with Crippen molar-refractivity contribution < 1.29 is 19.7 Å². The Labute approximate surface area is 150 Å². The Kier molecular flexibility index (Phi) is 8.26. The molecule has 4 heteroatoms. The molecule has 0 heterocycles. The van der Waals surface area contributed by atoms with Gasteiger partial charge in [0.2, 0.25) is 0 Å². The number of allylic oxidation sites excluding steroid dienone is 4. The summed E-state index contributed by atoms with van der Waals surface area (Å²) in [5.41, 5.74) is 3.60. The largest absolute Gasteiger partial charge is 0.508 e. The highest BCUT2D eigenvalue weighted by Gasteiger charge is 2.22. The van der Waals surface area contributed by atoms with E-state index in [1.807, 2.05) is 19.9 Å². The molecular formula is C21H30O4. The summed E-state index contributed by atoms with van der Waals surface area (Å²) in [7, 11) is 1.29. The second-order valence-corrected chi connectivity index (χ2v) is 6.57. The molecule has 0 amide bonds. The van der Waals surface area contributed by atoms with Crippen LogP contribution in [0.25, 0.3) is 0 Å². The second-order valence-electron chi connectivity index (χ2n) is 6.57. The topological polar surface area (TPSA) is 66.8 Å². The van der Waals surface area contributed by atoms with Crippen LogP contribution in [0.1, 0.15) is 68.4 Å². The number of aryl methyl sites for hydroxylation is 1. The van der Waals surface area contributed by atoms with Gasteiger partial charge >= 0.3 is 5.97 Å². The number of phenols is 2. The predicted octanol–water partition coefficient (Wildman–Crippen LogP) is 5.07. The molecule has 138 valence electrons. The van der Waals surface area contributed by atoms with Crippen LogP contribution in [-0.4, -0.2) is 23.3 Å². The molecule has 0 fully saturated rings. The number of esters is 1. The molecule has 0 atom stereocenters. The van der Waals surface area contributed by atoms with Crippen molar-refractivity contribution >= 4 is 5.97 Å². The molecule has 0 aliphatic carbocycles. The van der Waals surface area contributed by atoms with Crippen LogP contribution in [0, 0.1) is 0 Å². The molecule has 0 unspecified atom stereocenters. The molecule has 0 radical (unpaired) electrons. The molecule has 0 aliphatic rings. The summed E-state index contributed by atoms with van der Waals surface area (Å²) in [6.45, 7) is 8.14. The summed E-state index contributed by atoms with van der Waals surface area (Å²) < 4.78 is 4.80. The lowest BCUT2D eigenvalue weighted by Crippen LogP contribution is -2.08. The Morgan fingerprint density at radius 3 is 2.44 bits per heavy atom. The molecule has 1 aromatic rings. The maximum atomic E-state index is 12.1. The minimum atomic E-state index is -0.577. The third-order valence-electron chi connectivity index (χ3n) is 4.12. The van der Waals surface area contributed by atoms with Gasteiger partial charge in [-0.3, -0.25) is 0 Å². The maximum Gasteiger partial charge on any atom is 0.341 e. The highest BCUT2D eigenvalue weighted by molar-refractivity contribution is 5.95. The number of carbonyl (C=O) groups is 1. The summed E-state index contributed by atoms with van der Waals surface area (Å²) in [6.07, 6.45) is 7.80. The quantitative estimate of drug-likeness (QED) is 0.509. The van der Waals surface area contributed by atoms with Gasteiger partial charge < -0.3 is 14.9 Å². The van der Waals surface area contributed by atoms with Crippen LogP contribution >= 0.6 is 0 Å². The molecule has 1 rings (SSSR count). The molecule has 2 N–H and O–H groups in total. The molecular weight excluding hydrogens is 316 g/mol. The van der Waals surface area contributed by atoms with Crippen molar-refractivity contribution in [2.24, 2.45) is 0 Å². The molecule has 25 heavy (non-hydrogen) atoms. The van der Waals surface area contributed by atoms with Gasteiger partial charge in [-0.25, -0.2) is 4.79 Å². The Morgan fingerprint density at radius 2 is 1.88 bits per heavy atom. The summed E-state index contributed by atoms with van der Waals surface area (Å²) in [6, 6.07) is 1.57. The van der Waals surface area contributed by atoms with Crippen molar-refractivity contribution in [2.75, 3.05) is 7.11 Å². The van der Waals surface area contributed by atoms with Crippen molar-refractivity contribution in [3.8, 4) is 11.5 Å².